The smallest absolute Gasteiger partial charge is 0.234 e. The molecule has 1 aromatic carbocycles. The fourth-order valence-corrected chi connectivity index (χ4v) is 1.84. The van der Waals surface area contributed by atoms with Crippen LogP contribution < -0.4 is 11.1 Å². The summed E-state index contributed by atoms with van der Waals surface area (Å²) in [5.74, 6) is -0.300. The first kappa shape index (κ1) is 11.1. The van der Waals surface area contributed by atoms with Crippen LogP contribution in [0, 0.1) is 0 Å². The van der Waals surface area contributed by atoms with E-state index in [0.717, 1.165) is 5.56 Å². The van der Waals surface area contributed by atoms with Crippen molar-refractivity contribution in [3.8, 4) is 0 Å². The van der Waals surface area contributed by atoms with Crippen LogP contribution in [0.15, 0.2) is 30.3 Å². The molecule has 2 rings (SSSR count). The highest BCUT2D eigenvalue weighted by Gasteiger charge is 2.28. The molecule has 0 radical (unpaired) electrons. The first-order valence-electron chi connectivity index (χ1n) is 5.44. The first-order valence-corrected chi connectivity index (χ1v) is 5.44. The second kappa shape index (κ2) is 5.09. The molecule has 1 saturated heterocycles. The number of benzene rings is 1. The molecule has 1 heterocycles. The van der Waals surface area contributed by atoms with Gasteiger partial charge in [0.05, 0.1) is 18.8 Å². The summed E-state index contributed by atoms with van der Waals surface area (Å²) in [5, 5.41) is 3.04. The molecule has 0 unspecified atom stereocenters. The van der Waals surface area contributed by atoms with Crippen LogP contribution in [0.5, 0.6) is 0 Å². The lowest BCUT2D eigenvalue weighted by Gasteiger charge is -2.10. The van der Waals surface area contributed by atoms with Gasteiger partial charge in [-0.05, 0) is 12.0 Å². The average Bonchev–Trinajstić information content (AvgIpc) is 2.76. The second-order valence-corrected chi connectivity index (χ2v) is 4.02. The van der Waals surface area contributed by atoms with Gasteiger partial charge in [-0.15, -0.1) is 0 Å². The van der Waals surface area contributed by atoms with E-state index in [9.17, 15) is 4.79 Å². The molecular weight excluding hydrogens is 204 g/mol. The van der Waals surface area contributed by atoms with Crippen molar-refractivity contribution in [1.82, 2.24) is 5.32 Å². The Labute approximate surface area is 94.8 Å². The van der Waals surface area contributed by atoms with Crippen LogP contribution in [0.2, 0.25) is 0 Å². The Hall–Kier alpha value is -1.39. The Morgan fingerprint density at radius 2 is 2.19 bits per heavy atom. The molecular formula is C12H16N2O2. The maximum absolute atomic E-state index is 10.9. The van der Waals surface area contributed by atoms with Gasteiger partial charge in [-0.3, -0.25) is 4.79 Å². The van der Waals surface area contributed by atoms with Crippen LogP contribution in [-0.4, -0.2) is 24.6 Å². The van der Waals surface area contributed by atoms with Crippen LogP contribution >= 0.6 is 0 Å². The van der Waals surface area contributed by atoms with Gasteiger partial charge >= 0.3 is 0 Å². The number of hydrogen-bond acceptors (Lipinski definition) is 3. The minimum absolute atomic E-state index is 0.0812. The summed E-state index contributed by atoms with van der Waals surface area (Å²) in [7, 11) is 0. The Morgan fingerprint density at radius 1 is 1.44 bits per heavy atom. The summed E-state index contributed by atoms with van der Waals surface area (Å²) in [4.78, 5) is 10.9. The van der Waals surface area contributed by atoms with Crippen molar-refractivity contribution in [2.24, 2.45) is 5.73 Å². The van der Waals surface area contributed by atoms with Crippen molar-refractivity contribution in [3.63, 3.8) is 0 Å². The highest BCUT2D eigenvalue weighted by atomic mass is 16.5. The number of ether oxygens (including phenoxy) is 1. The number of carbonyl (C=O) groups is 1. The zero-order chi connectivity index (χ0) is 11.4. The second-order valence-electron chi connectivity index (χ2n) is 4.02. The maximum Gasteiger partial charge on any atom is 0.234 e. The normalized spacial score (nSPS) is 24.5. The van der Waals surface area contributed by atoms with E-state index < -0.39 is 0 Å². The minimum atomic E-state index is -0.300. The van der Waals surface area contributed by atoms with E-state index >= 15 is 0 Å². The van der Waals surface area contributed by atoms with Gasteiger partial charge in [0.15, 0.2) is 0 Å². The minimum Gasteiger partial charge on any atom is -0.372 e. The standard InChI is InChI=1S/C12H16N2O2/c13-12(15)11-6-10(7-14-11)16-8-9-4-2-1-3-5-9/h1-5,10-11,14H,6-8H2,(H2,13,15)/t10-,11-/m0/s1. The molecule has 1 amide bonds. The summed E-state index contributed by atoms with van der Waals surface area (Å²) in [6.07, 6.45) is 0.750. The van der Waals surface area contributed by atoms with Crippen LogP contribution in [0.3, 0.4) is 0 Å². The molecule has 4 heteroatoms. The number of primary amides is 1. The molecule has 3 N–H and O–H groups in total. The predicted octanol–water partition coefficient (Wildman–Crippen LogP) is 0.419. The fraction of sp³-hybridized carbons (Fsp3) is 0.417. The lowest BCUT2D eigenvalue weighted by molar-refractivity contribution is -0.119. The fourth-order valence-electron chi connectivity index (χ4n) is 1.84. The van der Waals surface area contributed by atoms with Crippen molar-refractivity contribution in [1.29, 1.82) is 0 Å². The quantitative estimate of drug-likeness (QED) is 0.773. The van der Waals surface area contributed by atoms with Crippen LogP contribution in [0.25, 0.3) is 0 Å². The largest absolute Gasteiger partial charge is 0.372 e. The van der Waals surface area contributed by atoms with Gasteiger partial charge in [-0.2, -0.15) is 0 Å². The molecule has 0 bridgehead atoms. The molecule has 4 nitrogen and oxygen atoms in total. The van der Waals surface area contributed by atoms with Crippen LogP contribution in [0.4, 0.5) is 0 Å². The number of hydrogen-bond donors (Lipinski definition) is 2. The summed E-state index contributed by atoms with van der Waals surface area (Å²) < 4.78 is 5.70. The summed E-state index contributed by atoms with van der Waals surface area (Å²) in [6.45, 7) is 1.28. The highest BCUT2D eigenvalue weighted by molar-refractivity contribution is 5.80. The molecule has 0 saturated carbocycles. The van der Waals surface area contributed by atoms with E-state index in [1.165, 1.54) is 0 Å². The third kappa shape index (κ3) is 2.81. The van der Waals surface area contributed by atoms with Crippen molar-refractivity contribution >= 4 is 5.91 Å². The van der Waals surface area contributed by atoms with Crippen molar-refractivity contribution in [2.75, 3.05) is 6.54 Å². The zero-order valence-electron chi connectivity index (χ0n) is 9.06. The van der Waals surface area contributed by atoms with Crippen LogP contribution in [0.1, 0.15) is 12.0 Å². The molecule has 1 aliphatic heterocycles. The Bertz CT molecular complexity index is 353. The Kier molecular flexibility index (Phi) is 3.54. The zero-order valence-corrected chi connectivity index (χ0v) is 9.06. The molecule has 86 valence electrons. The van der Waals surface area contributed by atoms with E-state index in [2.05, 4.69) is 5.32 Å². The maximum atomic E-state index is 10.9. The van der Waals surface area contributed by atoms with Crippen molar-refractivity contribution in [3.05, 3.63) is 35.9 Å². The summed E-state index contributed by atoms with van der Waals surface area (Å²) in [5.41, 5.74) is 6.35. The molecule has 1 aromatic rings. The van der Waals surface area contributed by atoms with Gasteiger partial charge < -0.3 is 15.8 Å². The molecule has 0 spiro atoms. The number of nitrogens with one attached hydrogen (secondary N) is 1. The van der Waals surface area contributed by atoms with Gasteiger partial charge in [0.25, 0.3) is 0 Å². The number of carbonyl (C=O) groups excluding carboxylic acids is 1. The van der Waals surface area contributed by atoms with Crippen molar-refractivity contribution < 1.29 is 9.53 Å². The Morgan fingerprint density at radius 3 is 2.81 bits per heavy atom. The van der Waals surface area contributed by atoms with Gasteiger partial charge in [0.1, 0.15) is 0 Å². The number of nitrogens with two attached hydrogens (primary N) is 1. The molecule has 0 aliphatic carbocycles. The summed E-state index contributed by atoms with van der Waals surface area (Å²) >= 11 is 0. The summed E-state index contributed by atoms with van der Waals surface area (Å²) in [6, 6.07) is 9.75. The van der Waals surface area contributed by atoms with Gasteiger partial charge in [0.2, 0.25) is 5.91 Å². The molecule has 1 aliphatic rings. The van der Waals surface area contributed by atoms with E-state index in [1.54, 1.807) is 0 Å². The highest BCUT2D eigenvalue weighted by Crippen LogP contribution is 2.12. The van der Waals surface area contributed by atoms with Crippen molar-refractivity contribution in [2.45, 2.75) is 25.2 Å². The average molecular weight is 220 g/mol. The molecule has 16 heavy (non-hydrogen) atoms. The number of amides is 1. The monoisotopic (exact) mass is 220 g/mol. The third-order valence-corrected chi connectivity index (χ3v) is 2.76. The van der Waals surface area contributed by atoms with Gasteiger partial charge in [-0.1, -0.05) is 30.3 Å². The molecule has 0 aromatic heterocycles. The lowest BCUT2D eigenvalue weighted by Crippen LogP contribution is -2.36. The van der Waals surface area contributed by atoms with E-state index in [0.29, 0.717) is 19.6 Å². The van der Waals surface area contributed by atoms with Gasteiger partial charge in [0, 0.05) is 6.54 Å². The van der Waals surface area contributed by atoms with Gasteiger partial charge in [-0.25, -0.2) is 0 Å². The van der Waals surface area contributed by atoms with Crippen LogP contribution in [-0.2, 0) is 16.1 Å². The number of rotatable bonds is 4. The predicted molar refractivity (Wildman–Crippen MR) is 60.6 cm³/mol. The van der Waals surface area contributed by atoms with E-state index in [1.807, 2.05) is 30.3 Å². The molecule has 1 fully saturated rings. The van der Waals surface area contributed by atoms with E-state index in [-0.39, 0.29) is 18.1 Å². The first-order chi connectivity index (χ1) is 7.75. The SMILES string of the molecule is NC(=O)[C@@H]1C[C@H](OCc2ccccc2)CN1. The van der Waals surface area contributed by atoms with E-state index in [4.69, 9.17) is 10.5 Å². The Balaban J connectivity index is 1.78. The topological polar surface area (TPSA) is 64.4 Å². The lowest BCUT2D eigenvalue weighted by atomic mass is 10.2. The molecule has 2 atom stereocenters. The third-order valence-electron chi connectivity index (χ3n) is 2.76.